The fraction of sp³-hybridized carbons (Fsp3) is 0.154. The van der Waals surface area contributed by atoms with Gasteiger partial charge in [-0.25, -0.2) is 9.80 Å². The number of carbonyl (C=O) groups is 2. The maximum atomic E-state index is 11.0. The lowest BCUT2D eigenvalue weighted by molar-refractivity contribution is -0.146. The van der Waals surface area contributed by atoms with Crippen molar-refractivity contribution in [2.45, 2.75) is 6.54 Å². The Kier molecular flexibility index (Phi) is 4.11. The number of carbonyl (C=O) groups excluding carboxylic acids is 1. The minimum atomic E-state index is -1.61. The topological polar surface area (TPSA) is 103 Å². The molecule has 0 bridgehead atoms. The maximum absolute atomic E-state index is 11.0. The standard InChI is InChI=1S/C13H13N3O4/c17-11(7-12(18)13(19)20)10-4-6-16(15-10)8-9-3-1-2-5-14-9/h1-5,7,15,17H,6,8H2,(H,19,20). The molecule has 104 valence electrons. The molecule has 20 heavy (non-hydrogen) atoms. The first-order valence-electron chi connectivity index (χ1n) is 5.86. The molecular formula is C13H13N3O4. The van der Waals surface area contributed by atoms with E-state index in [1.807, 2.05) is 18.2 Å². The highest BCUT2D eigenvalue weighted by atomic mass is 16.4. The molecule has 0 spiro atoms. The first-order chi connectivity index (χ1) is 9.56. The zero-order chi connectivity index (χ0) is 14.5. The number of aliphatic hydroxyl groups is 1. The molecule has 7 nitrogen and oxygen atoms in total. The quantitative estimate of drug-likeness (QED) is 0.405. The van der Waals surface area contributed by atoms with Crippen molar-refractivity contribution in [2.75, 3.05) is 6.54 Å². The Morgan fingerprint density at radius 1 is 1.40 bits per heavy atom. The molecule has 0 fully saturated rings. The second-order valence-corrected chi connectivity index (χ2v) is 4.13. The van der Waals surface area contributed by atoms with Crippen LogP contribution in [-0.2, 0) is 16.1 Å². The molecule has 3 N–H and O–H groups in total. The number of hydrogen-bond acceptors (Lipinski definition) is 6. The average molecular weight is 275 g/mol. The van der Waals surface area contributed by atoms with E-state index >= 15 is 0 Å². The molecule has 1 aliphatic rings. The molecule has 0 unspecified atom stereocenters. The molecule has 0 radical (unpaired) electrons. The lowest BCUT2D eigenvalue weighted by Gasteiger charge is -2.17. The van der Waals surface area contributed by atoms with Crippen molar-refractivity contribution in [2.24, 2.45) is 0 Å². The number of pyridine rings is 1. The molecule has 1 aromatic heterocycles. The second-order valence-electron chi connectivity index (χ2n) is 4.13. The fourth-order valence-electron chi connectivity index (χ4n) is 1.68. The zero-order valence-corrected chi connectivity index (χ0v) is 10.5. The van der Waals surface area contributed by atoms with Gasteiger partial charge in [-0.2, -0.15) is 0 Å². The van der Waals surface area contributed by atoms with Crippen LogP contribution < -0.4 is 5.43 Å². The number of nitrogens with zero attached hydrogens (tertiary/aromatic N) is 2. The summed E-state index contributed by atoms with van der Waals surface area (Å²) in [5.74, 6) is -3.19. The van der Waals surface area contributed by atoms with E-state index in [4.69, 9.17) is 5.11 Å². The summed E-state index contributed by atoms with van der Waals surface area (Å²) >= 11 is 0. The summed E-state index contributed by atoms with van der Waals surface area (Å²) in [6, 6.07) is 5.55. The van der Waals surface area contributed by atoms with Gasteiger partial charge in [-0.05, 0) is 18.2 Å². The van der Waals surface area contributed by atoms with Gasteiger partial charge in [-0.1, -0.05) is 6.07 Å². The highest BCUT2D eigenvalue weighted by molar-refractivity contribution is 6.37. The van der Waals surface area contributed by atoms with Gasteiger partial charge in [0.15, 0.2) is 0 Å². The summed E-state index contributed by atoms with van der Waals surface area (Å²) in [6.45, 7) is 1.02. The molecule has 2 heterocycles. The van der Waals surface area contributed by atoms with Gasteiger partial charge in [0, 0.05) is 18.8 Å². The van der Waals surface area contributed by atoms with Crippen LogP contribution in [0.3, 0.4) is 0 Å². The Labute approximate surface area is 114 Å². The number of rotatable bonds is 5. The van der Waals surface area contributed by atoms with Gasteiger partial charge in [0.05, 0.1) is 17.9 Å². The van der Waals surface area contributed by atoms with Gasteiger partial charge in [0.25, 0.3) is 5.78 Å². The van der Waals surface area contributed by atoms with E-state index in [9.17, 15) is 14.7 Å². The van der Waals surface area contributed by atoms with Crippen LogP contribution in [0, 0.1) is 0 Å². The highest BCUT2D eigenvalue weighted by Gasteiger charge is 2.18. The Morgan fingerprint density at radius 3 is 2.85 bits per heavy atom. The number of hydrazine groups is 1. The number of aromatic nitrogens is 1. The van der Waals surface area contributed by atoms with Crippen LogP contribution in [0.1, 0.15) is 5.69 Å². The normalized spacial score (nSPS) is 15.6. The molecule has 1 aliphatic heterocycles. The van der Waals surface area contributed by atoms with Crippen LogP contribution in [0.15, 0.2) is 48.0 Å². The molecule has 0 saturated carbocycles. The molecule has 0 saturated heterocycles. The molecule has 2 rings (SSSR count). The first-order valence-corrected chi connectivity index (χ1v) is 5.86. The van der Waals surface area contributed by atoms with Crippen LogP contribution in [0.5, 0.6) is 0 Å². The van der Waals surface area contributed by atoms with E-state index in [0.29, 0.717) is 24.9 Å². The van der Waals surface area contributed by atoms with Crippen molar-refractivity contribution in [3.63, 3.8) is 0 Å². The molecule has 0 atom stereocenters. The molecule has 0 aromatic carbocycles. The van der Waals surface area contributed by atoms with Crippen LogP contribution in [-0.4, -0.2) is 38.5 Å². The van der Waals surface area contributed by atoms with Gasteiger partial charge in [-0.15, -0.1) is 0 Å². The average Bonchev–Trinajstić information content (AvgIpc) is 2.88. The van der Waals surface area contributed by atoms with Crippen molar-refractivity contribution in [1.29, 1.82) is 0 Å². The fourth-order valence-corrected chi connectivity index (χ4v) is 1.68. The Hall–Kier alpha value is -2.67. The zero-order valence-electron chi connectivity index (χ0n) is 10.5. The Balaban J connectivity index is 1.95. The molecule has 1 aromatic rings. The van der Waals surface area contributed by atoms with E-state index in [0.717, 1.165) is 5.69 Å². The Bertz CT molecular complexity index is 581. The van der Waals surface area contributed by atoms with Crippen LogP contribution in [0.2, 0.25) is 0 Å². The summed E-state index contributed by atoms with van der Waals surface area (Å²) in [5.41, 5.74) is 4.02. The van der Waals surface area contributed by atoms with E-state index in [1.54, 1.807) is 17.3 Å². The van der Waals surface area contributed by atoms with Gasteiger partial charge < -0.3 is 15.6 Å². The minimum Gasteiger partial charge on any atom is -0.506 e. The number of aliphatic carboxylic acids is 1. The minimum absolute atomic E-state index is 0.301. The van der Waals surface area contributed by atoms with E-state index in [1.165, 1.54) is 0 Å². The smallest absolute Gasteiger partial charge is 0.376 e. The third-order valence-corrected chi connectivity index (χ3v) is 2.63. The number of nitrogens with one attached hydrogen (secondary N) is 1. The van der Waals surface area contributed by atoms with Gasteiger partial charge in [-0.3, -0.25) is 9.78 Å². The van der Waals surface area contributed by atoms with Gasteiger partial charge >= 0.3 is 5.97 Å². The Morgan fingerprint density at radius 2 is 2.20 bits per heavy atom. The van der Waals surface area contributed by atoms with Crippen molar-refractivity contribution in [3.8, 4) is 0 Å². The van der Waals surface area contributed by atoms with Crippen molar-refractivity contribution < 1.29 is 19.8 Å². The molecular weight excluding hydrogens is 262 g/mol. The number of carboxylic acid groups (broad SMARTS) is 1. The van der Waals surface area contributed by atoms with E-state index in [2.05, 4.69) is 10.4 Å². The van der Waals surface area contributed by atoms with Crippen LogP contribution in [0.4, 0.5) is 0 Å². The summed E-state index contributed by atoms with van der Waals surface area (Å²) in [6.07, 6.45) is 4.01. The van der Waals surface area contributed by atoms with Gasteiger partial charge in [0.1, 0.15) is 5.76 Å². The number of aliphatic hydroxyl groups excluding tert-OH is 1. The summed E-state index contributed by atoms with van der Waals surface area (Å²) < 4.78 is 0. The summed E-state index contributed by atoms with van der Waals surface area (Å²) in [5, 5.41) is 19.9. The van der Waals surface area contributed by atoms with Crippen LogP contribution >= 0.6 is 0 Å². The third kappa shape index (κ3) is 3.42. The largest absolute Gasteiger partial charge is 0.506 e. The predicted octanol–water partition coefficient (Wildman–Crippen LogP) is 0.381. The molecule has 0 amide bonds. The van der Waals surface area contributed by atoms with Crippen molar-refractivity contribution in [1.82, 2.24) is 15.4 Å². The van der Waals surface area contributed by atoms with E-state index < -0.39 is 17.5 Å². The monoisotopic (exact) mass is 275 g/mol. The third-order valence-electron chi connectivity index (χ3n) is 2.63. The first kappa shape index (κ1) is 13.8. The van der Waals surface area contributed by atoms with Crippen molar-refractivity contribution >= 4 is 11.8 Å². The number of carboxylic acids is 1. The van der Waals surface area contributed by atoms with Crippen LogP contribution in [0.25, 0.3) is 0 Å². The SMILES string of the molecule is O=C(O)C(=O)C=C(O)C1=CCN(Cc2ccccn2)N1. The van der Waals surface area contributed by atoms with Gasteiger partial charge in [0.2, 0.25) is 0 Å². The molecule has 7 heteroatoms. The van der Waals surface area contributed by atoms with E-state index in [-0.39, 0.29) is 0 Å². The second kappa shape index (κ2) is 5.98. The predicted molar refractivity (Wildman–Crippen MR) is 69.2 cm³/mol. The lowest BCUT2D eigenvalue weighted by atomic mass is 10.3. The molecule has 0 aliphatic carbocycles. The number of hydrogen-bond donors (Lipinski definition) is 3. The number of ketones is 1. The van der Waals surface area contributed by atoms with Crippen molar-refractivity contribution in [3.05, 3.63) is 53.7 Å². The lowest BCUT2D eigenvalue weighted by Crippen LogP contribution is -2.32. The highest BCUT2D eigenvalue weighted by Crippen LogP contribution is 2.12. The maximum Gasteiger partial charge on any atom is 0.376 e. The summed E-state index contributed by atoms with van der Waals surface area (Å²) in [7, 11) is 0. The summed E-state index contributed by atoms with van der Waals surface area (Å²) in [4.78, 5) is 25.5.